The van der Waals surface area contributed by atoms with E-state index in [9.17, 15) is 5.11 Å². The number of fused-ring (bicyclic) bond motifs is 2. The third kappa shape index (κ3) is 2.86. The number of benzene rings is 2. The van der Waals surface area contributed by atoms with Gasteiger partial charge >= 0.3 is 0 Å². The van der Waals surface area contributed by atoms with E-state index in [1.165, 1.54) is 11.1 Å². The van der Waals surface area contributed by atoms with Crippen molar-refractivity contribution in [2.75, 3.05) is 20.2 Å². The summed E-state index contributed by atoms with van der Waals surface area (Å²) in [6.07, 6.45) is 1.24. The highest BCUT2D eigenvalue weighted by Crippen LogP contribution is 2.35. The summed E-state index contributed by atoms with van der Waals surface area (Å²) in [5.74, 6) is 0.885. The van der Waals surface area contributed by atoms with Crippen molar-refractivity contribution in [3.63, 3.8) is 0 Å². The lowest BCUT2D eigenvalue weighted by molar-refractivity contribution is -0.0239. The number of aryl methyl sites for hydroxylation is 2. The van der Waals surface area contributed by atoms with E-state index in [-0.39, 0.29) is 0 Å². The van der Waals surface area contributed by atoms with Crippen LogP contribution in [0, 0.1) is 6.92 Å². The number of rotatable bonds is 3. The Hall–Kier alpha value is -2.41. The summed E-state index contributed by atoms with van der Waals surface area (Å²) >= 11 is 0. The maximum absolute atomic E-state index is 10.2. The van der Waals surface area contributed by atoms with Crippen LogP contribution in [0.3, 0.4) is 0 Å². The van der Waals surface area contributed by atoms with Crippen LogP contribution in [0.4, 0.5) is 0 Å². The first-order valence-electron chi connectivity index (χ1n) is 8.85. The Morgan fingerprint density at radius 2 is 2.12 bits per heavy atom. The predicted octanol–water partition coefficient (Wildman–Crippen LogP) is 2.24. The fraction of sp³-hybridized carbons (Fsp3) is 0.350. The van der Waals surface area contributed by atoms with Crippen molar-refractivity contribution < 1.29 is 9.84 Å². The molecule has 4 rings (SSSR count). The minimum Gasteiger partial charge on any atom is -0.492 e. The molecule has 2 N–H and O–H groups in total. The second-order valence-electron chi connectivity index (χ2n) is 6.76. The Kier molecular flexibility index (Phi) is 4.40. The molecule has 3 aromatic rings. The number of ether oxygens (including phenoxy) is 1. The molecule has 136 valence electrons. The third-order valence-corrected chi connectivity index (χ3v) is 5.10. The number of aliphatic hydroxyl groups excluding tert-OH is 1. The third-order valence-electron chi connectivity index (χ3n) is 5.10. The van der Waals surface area contributed by atoms with Crippen molar-refractivity contribution >= 4 is 10.9 Å². The summed E-state index contributed by atoms with van der Waals surface area (Å²) in [6, 6.07) is 10.6. The van der Waals surface area contributed by atoms with E-state index < -0.39 is 6.35 Å². The maximum atomic E-state index is 10.2. The van der Waals surface area contributed by atoms with Gasteiger partial charge in [-0.25, -0.2) is 0 Å². The molecule has 1 unspecified atom stereocenters. The van der Waals surface area contributed by atoms with Crippen LogP contribution in [0.2, 0.25) is 0 Å². The zero-order valence-corrected chi connectivity index (χ0v) is 15.4. The molecule has 1 aliphatic rings. The zero-order valence-electron chi connectivity index (χ0n) is 15.4. The highest BCUT2D eigenvalue weighted by Gasteiger charge is 2.21. The SMILES string of the molecule is CNC(O)N1CCOc2ccc(-c3c(C)ccc4c3cnn4C)cc2C1. The van der Waals surface area contributed by atoms with Gasteiger partial charge in [-0.1, -0.05) is 12.1 Å². The van der Waals surface area contributed by atoms with Gasteiger partial charge in [-0.05, 0) is 48.9 Å². The van der Waals surface area contributed by atoms with Gasteiger partial charge in [0.25, 0.3) is 0 Å². The van der Waals surface area contributed by atoms with Crippen LogP contribution in [-0.4, -0.2) is 46.3 Å². The lowest BCUT2D eigenvalue weighted by Crippen LogP contribution is -2.44. The van der Waals surface area contributed by atoms with E-state index in [0.717, 1.165) is 27.8 Å². The van der Waals surface area contributed by atoms with Crippen molar-refractivity contribution in [1.82, 2.24) is 20.0 Å². The molecule has 1 atom stereocenters. The Balaban J connectivity index is 1.81. The van der Waals surface area contributed by atoms with E-state index in [1.807, 2.05) is 28.9 Å². The van der Waals surface area contributed by atoms with Gasteiger partial charge in [0, 0.05) is 31.1 Å². The molecule has 0 amide bonds. The van der Waals surface area contributed by atoms with Gasteiger partial charge < -0.3 is 9.84 Å². The molecule has 0 bridgehead atoms. The Labute approximate surface area is 153 Å². The maximum Gasteiger partial charge on any atom is 0.163 e. The summed E-state index contributed by atoms with van der Waals surface area (Å²) < 4.78 is 7.79. The summed E-state index contributed by atoms with van der Waals surface area (Å²) in [4.78, 5) is 1.97. The molecular formula is C20H24N4O2. The molecule has 0 saturated heterocycles. The van der Waals surface area contributed by atoms with Crippen LogP contribution in [0.5, 0.6) is 5.75 Å². The molecule has 1 aliphatic heterocycles. The molecule has 6 heteroatoms. The van der Waals surface area contributed by atoms with Gasteiger partial charge in [0.15, 0.2) is 6.35 Å². The molecule has 2 heterocycles. The lowest BCUT2D eigenvalue weighted by atomic mass is 9.95. The van der Waals surface area contributed by atoms with E-state index in [1.54, 1.807) is 7.05 Å². The Bertz CT molecular complexity index is 950. The number of hydrogen-bond donors (Lipinski definition) is 2. The molecule has 2 aromatic carbocycles. The van der Waals surface area contributed by atoms with Crippen LogP contribution in [0.15, 0.2) is 36.5 Å². The van der Waals surface area contributed by atoms with E-state index in [0.29, 0.717) is 19.7 Å². The normalized spacial score (nSPS) is 16.2. The molecule has 0 saturated carbocycles. The van der Waals surface area contributed by atoms with E-state index in [2.05, 4.69) is 41.6 Å². The molecule has 0 spiro atoms. The average Bonchev–Trinajstić information content (AvgIpc) is 2.89. The van der Waals surface area contributed by atoms with Crippen molar-refractivity contribution in [1.29, 1.82) is 0 Å². The second-order valence-corrected chi connectivity index (χ2v) is 6.76. The molecular weight excluding hydrogens is 328 g/mol. The van der Waals surface area contributed by atoms with Crippen molar-refractivity contribution in [2.24, 2.45) is 7.05 Å². The van der Waals surface area contributed by atoms with Gasteiger partial charge in [0.05, 0.1) is 11.7 Å². The van der Waals surface area contributed by atoms with Gasteiger partial charge in [-0.3, -0.25) is 14.9 Å². The standard InChI is InChI=1S/C20H24N4O2/c1-13-4-6-17-16(11-22-23(17)3)19(13)14-5-7-18-15(10-14)12-24(8-9-26-18)20(25)21-2/h4-7,10-11,20-21,25H,8-9,12H2,1-3H3. The van der Waals surface area contributed by atoms with Crippen molar-refractivity contribution in [2.45, 2.75) is 19.8 Å². The molecule has 1 aromatic heterocycles. The monoisotopic (exact) mass is 352 g/mol. The minimum absolute atomic E-state index is 0.558. The van der Waals surface area contributed by atoms with Crippen LogP contribution in [0.1, 0.15) is 11.1 Å². The average molecular weight is 352 g/mol. The van der Waals surface area contributed by atoms with Crippen LogP contribution in [-0.2, 0) is 13.6 Å². The highest BCUT2D eigenvalue weighted by atomic mass is 16.5. The van der Waals surface area contributed by atoms with Crippen molar-refractivity contribution in [3.05, 3.63) is 47.7 Å². The van der Waals surface area contributed by atoms with E-state index in [4.69, 9.17) is 4.74 Å². The predicted molar refractivity (Wildman–Crippen MR) is 102 cm³/mol. The van der Waals surface area contributed by atoms with Crippen LogP contribution in [0.25, 0.3) is 22.0 Å². The van der Waals surface area contributed by atoms with Crippen LogP contribution < -0.4 is 10.1 Å². The highest BCUT2D eigenvalue weighted by molar-refractivity contribution is 5.96. The van der Waals surface area contributed by atoms with Gasteiger partial charge in [0.2, 0.25) is 0 Å². The molecule has 0 fully saturated rings. The number of nitrogens with one attached hydrogen (secondary N) is 1. The van der Waals surface area contributed by atoms with E-state index >= 15 is 0 Å². The minimum atomic E-state index is -0.684. The molecule has 26 heavy (non-hydrogen) atoms. The first-order valence-corrected chi connectivity index (χ1v) is 8.85. The topological polar surface area (TPSA) is 62.6 Å². The largest absolute Gasteiger partial charge is 0.492 e. The summed E-state index contributed by atoms with van der Waals surface area (Å²) in [7, 11) is 3.71. The summed E-state index contributed by atoms with van der Waals surface area (Å²) in [5.41, 5.74) is 5.75. The first kappa shape index (κ1) is 17.0. The van der Waals surface area contributed by atoms with Crippen LogP contribution >= 0.6 is 0 Å². The quantitative estimate of drug-likeness (QED) is 0.708. The Morgan fingerprint density at radius 3 is 2.92 bits per heavy atom. The second kappa shape index (κ2) is 6.72. The first-order chi connectivity index (χ1) is 12.6. The fourth-order valence-electron chi connectivity index (χ4n) is 3.68. The van der Waals surface area contributed by atoms with Gasteiger partial charge in [0.1, 0.15) is 12.4 Å². The lowest BCUT2D eigenvalue weighted by Gasteiger charge is -2.25. The van der Waals surface area contributed by atoms with Crippen molar-refractivity contribution in [3.8, 4) is 16.9 Å². The zero-order chi connectivity index (χ0) is 18.3. The van der Waals surface area contributed by atoms with Gasteiger partial charge in [-0.2, -0.15) is 5.10 Å². The number of aromatic nitrogens is 2. The summed E-state index contributed by atoms with van der Waals surface area (Å²) in [5, 5.41) is 18.6. The summed E-state index contributed by atoms with van der Waals surface area (Å²) in [6.45, 7) is 3.99. The number of aliphatic hydroxyl groups is 1. The fourth-order valence-corrected chi connectivity index (χ4v) is 3.68. The molecule has 0 aliphatic carbocycles. The Morgan fingerprint density at radius 1 is 1.27 bits per heavy atom. The molecule has 6 nitrogen and oxygen atoms in total. The number of nitrogens with zero attached hydrogens (tertiary/aromatic N) is 3. The van der Waals surface area contributed by atoms with Gasteiger partial charge in [-0.15, -0.1) is 0 Å². The number of hydrogen-bond acceptors (Lipinski definition) is 5. The molecule has 0 radical (unpaired) electrons. The smallest absolute Gasteiger partial charge is 0.163 e.